The molecule has 2 heterocycles. The minimum absolute atomic E-state index is 0.519. The molecule has 2 atom stereocenters. The third-order valence-electron chi connectivity index (χ3n) is 3.51. The molecule has 90 valence electrons. The molecule has 0 radical (unpaired) electrons. The highest BCUT2D eigenvalue weighted by Gasteiger charge is 2.21. The van der Waals surface area contributed by atoms with Crippen LogP contribution in [-0.2, 0) is 0 Å². The molecule has 2 aromatic rings. The van der Waals surface area contributed by atoms with Gasteiger partial charge in [-0.1, -0.05) is 19.8 Å². The van der Waals surface area contributed by atoms with Crippen molar-refractivity contribution in [3.05, 3.63) is 12.1 Å². The number of rotatable bonds is 2. The fourth-order valence-corrected chi connectivity index (χ4v) is 2.45. The number of fused-ring (bicyclic) bond motifs is 1. The van der Waals surface area contributed by atoms with E-state index in [2.05, 4.69) is 32.9 Å². The normalized spacial score (nSPS) is 25.0. The zero-order chi connectivity index (χ0) is 11.7. The van der Waals surface area contributed by atoms with Crippen LogP contribution in [0, 0.1) is 5.92 Å². The van der Waals surface area contributed by atoms with Crippen molar-refractivity contribution in [1.82, 2.24) is 25.3 Å². The van der Waals surface area contributed by atoms with Gasteiger partial charge in [-0.15, -0.1) is 14.8 Å². The molecule has 1 fully saturated rings. The number of hydrogen-bond acceptors (Lipinski definition) is 5. The Morgan fingerprint density at radius 3 is 3.06 bits per heavy atom. The predicted octanol–water partition coefficient (Wildman–Crippen LogP) is 1.51. The lowest BCUT2D eigenvalue weighted by atomic mass is 9.86. The molecular weight excluding hydrogens is 216 g/mol. The van der Waals surface area contributed by atoms with Crippen LogP contribution < -0.4 is 5.32 Å². The molecule has 2 unspecified atom stereocenters. The van der Waals surface area contributed by atoms with E-state index in [1.165, 1.54) is 30.3 Å². The van der Waals surface area contributed by atoms with Crippen LogP contribution >= 0.6 is 0 Å². The second-order valence-electron chi connectivity index (χ2n) is 4.76. The lowest BCUT2D eigenvalue weighted by Crippen LogP contribution is -2.30. The van der Waals surface area contributed by atoms with E-state index in [4.69, 9.17) is 0 Å². The average Bonchev–Trinajstić information content (AvgIpc) is 2.79. The predicted molar refractivity (Wildman–Crippen MR) is 63.6 cm³/mol. The van der Waals surface area contributed by atoms with E-state index in [9.17, 15) is 0 Å². The summed E-state index contributed by atoms with van der Waals surface area (Å²) in [5.74, 6) is 1.55. The molecule has 2 aromatic heterocycles. The summed E-state index contributed by atoms with van der Waals surface area (Å²) < 4.78 is 1.45. The van der Waals surface area contributed by atoms with Gasteiger partial charge in [0.25, 0.3) is 0 Å². The van der Waals surface area contributed by atoms with Crippen molar-refractivity contribution in [3.63, 3.8) is 0 Å². The molecule has 17 heavy (non-hydrogen) atoms. The Morgan fingerprint density at radius 2 is 2.18 bits per heavy atom. The van der Waals surface area contributed by atoms with Crippen molar-refractivity contribution in [3.8, 4) is 0 Å². The Labute approximate surface area is 99.4 Å². The lowest BCUT2D eigenvalue weighted by Gasteiger charge is -2.29. The van der Waals surface area contributed by atoms with Crippen LogP contribution in [-0.4, -0.2) is 31.3 Å². The second-order valence-corrected chi connectivity index (χ2v) is 4.76. The summed E-state index contributed by atoms with van der Waals surface area (Å²) in [7, 11) is 0. The van der Waals surface area contributed by atoms with Gasteiger partial charge in [0.05, 0.1) is 0 Å². The van der Waals surface area contributed by atoms with Gasteiger partial charge in [0, 0.05) is 6.04 Å². The Hall–Kier alpha value is -1.72. The first-order chi connectivity index (χ1) is 8.33. The highest BCUT2D eigenvalue weighted by Crippen LogP contribution is 2.26. The fraction of sp³-hybridized carbons (Fsp3) is 0.636. The van der Waals surface area contributed by atoms with Crippen LogP contribution in [0.4, 0.5) is 5.82 Å². The summed E-state index contributed by atoms with van der Waals surface area (Å²) in [5, 5.41) is 19.0. The van der Waals surface area contributed by atoms with Gasteiger partial charge >= 0.3 is 0 Å². The number of nitrogens with zero attached hydrogens (tertiary/aromatic N) is 5. The summed E-state index contributed by atoms with van der Waals surface area (Å²) in [4.78, 5) is 0. The lowest BCUT2D eigenvalue weighted by molar-refractivity contribution is 0.348. The monoisotopic (exact) mass is 232 g/mol. The van der Waals surface area contributed by atoms with Gasteiger partial charge in [0.15, 0.2) is 5.65 Å². The van der Waals surface area contributed by atoms with E-state index in [-0.39, 0.29) is 0 Å². The van der Waals surface area contributed by atoms with Crippen molar-refractivity contribution in [2.24, 2.45) is 5.92 Å². The van der Waals surface area contributed by atoms with E-state index in [0.717, 1.165) is 5.82 Å². The first-order valence-corrected chi connectivity index (χ1v) is 6.15. The first-order valence-electron chi connectivity index (χ1n) is 6.15. The van der Waals surface area contributed by atoms with E-state index >= 15 is 0 Å². The highest BCUT2D eigenvalue weighted by atomic mass is 15.6. The molecule has 0 aliphatic heterocycles. The molecule has 1 N–H and O–H groups in total. The van der Waals surface area contributed by atoms with Gasteiger partial charge in [-0.2, -0.15) is 0 Å². The molecule has 6 heteroatoms. The Bertz CT molecular complexity index is 507. The smallest absolute Gasteiger partial charge is 0.200 e. The van der Waals surface area contributed by atoms with E-state index < -0.39 is 0 Å². The zero-order valence-corrected chi connectivity index (χ0v) is 9.87. The molecule has 1 saturated carbocycles. The SMILES string of the molecule is CC1CCCCC1Nc1ccc2nnnn2n1. The number of aromatic nitrogens is 5. The standard InChI is InChI=1S/C11H16N6/c1-8-4-2-3-5-9(8)12-10-6-7-11-13-15-16-17(11)14-10/h6-9H,2-5H2,1H3,(H,12,14). The molecule has 0 aromatic carbocycles. The van der Waals surface area contributed by atoms with Gasteiger partial charge in [0.1, 0.15) is 5.82 Å². The third kappa shape index (κ3) is 2.07. The quantitative estimate of drug-likeness (QED) is 0.850. The van der Waals surface area contributed by atoms with Crippen LogP contribution in [0.3, 0.4) is 0 Å². The van der Waals surface area contributed by atoms with Crippen LogP contribution in [0.25, 0.3) is 5.65 Å². The summed E-state index contributed by atoms with van der Waals surface area (Å²) in [5.41, 5.74) is 0.673. The van der Waals surface area contributed by atoms with Crippen molar-refractivity contribution < 1.29 is 0 Å². The topological polar surface area (TPSA) is 68.0 Å². The molecule has 0 amide bonds. The third-order valence-corrected chi connectivity index (χ3v) is 3.51. The van der Waals surface area contributed by atoms with Crippen LogP contribution in [0.15, 0.2) is 12.1 Å². The summed E-state index contributed by atoms with van der Waals surface area (Å²) in [6, 6.07) is 4.33. The Kier molecular flexibility index (Phi) is 2.62. The maximum Gasteiger partial charge on any atom is 0.200 e. The maximum absolute atomic E-state index is 4.33. The molecule has 1 aliphatic carbocycles. The molecule has 0 spiro atoms. The van der Waals surface area contributed by atoms with Crippen molar-refractivity contribution in [2.75, 3.05) is 5.32 Å². The van der Waals surface area contributed by atoms with Crippen molar-refractivity contribution in [2.45, 2.75) is 38.6 Å². The Balaban J connectivity index is 1.79. The molecule has 3 rings (SSSR count). The summed E-state index contributed by atoms with van der Waals surface area (Å²) >= 11 is 0. The van der Waals surface area contributed by atoms with Gasteiger partial charge in [0.2, 0.25) is 0 Å². The summed E-state index contributed by atoms with van der Waals surface area (Å²) in [6.07, 6.45) is 5.16. The molecule has 1 aliphatic rings. The van der Waals surface area contributed by atoms with Crippen LogP contribution in [0.2, 0.25) is 0 Å². The number of tetrazole rings is 1. The number of nitrogens with one attached hydrogen (secondary N) is 1. The molecule has 0 bridgehead atoms. The minimum atomic E-state index is 0.519. The zero-order valence-electron chi connectivity index (χ0n) is 9.87. The Morgan fingerprint density at radius 1 is 1.29 bits per heavy atom. The molecule has 6 nitrogen and oxygen atoms in total. The maximum atomic E-state index is 4.33. The number of hydrogen-bond donors (Lipinski definition) is 1. The van der Waals surface area contributed by atoms with Crippen molar-refractivity contribution in [1.29, 1.82) is 0 Å². The summed E-state index contributed by atoms with van der Waals surface area (Å²) in [6.45, 7) is 2.30. The van der Waals surface area contributed by atoms with E-state index in [1.54, 1.807) is 0 Å². The van der Waals surface area contributed by atoms with E-state index in [1.807, 2.05) is 12.1 Å². The van der Waals surface area contributed by atoms with Gasteiger partial charge in [-0.3, -0.25) is 0 Å². The fourth-order valence-electron chi connectivity index (χ4n) is 2.45. The van der Waals surface area contributed by atoms with Crippen LogP contribution in [0.5, 0.6) is 0 Å². The largest absolute Gasteiger partial charge is 0.366 e. The minimum Gasteiger partial charge on any atom is -0.366 e. The average molecular weight is 232 g/mol. The molecular formula is C11H16N6. The van der Waals surface area contributed by atoms with Gasteiger partial charge in [-0.05, 0) is 41.3 Å². The van der Waals surface area contributed by atoms with Gasteiger partial charge < -0.3 is 5.32 Å². The van der Waals surface area contributed by atoms with Gasteiger partial charge in [-0.25, -0.2) is 0 Å². The number of anilines is 1. The van der Waals surface area contributed by atoms with Crippen molar-refractivity contribution >= 4 is 11.5 Å². The molecule has 0 saturated heterocycles. The highest BCUT2D eigenvalue weighted by molar-refractivity contribution is 5.42. The second kappa shape index (κ2) is 4.27. The van der Waals surface area contributed by atoms with E-state index in [0.29, 0.717) is 17.6 Å². The van der Waals surface area contributed by atoms with Crippen LogP contribution in [0.1, 0.15) is 32.6 Å². The first kappa shape index (κ1) is 10.4.